The van der Waals surface area contributed by atoms with Crippen LogP contribution in [0.4, 0.5) is 0 Å². The van der Waals surface area contributed by atoms with Crippen LogP contribution in [-0.2, 0) is 0 Å². The molecule has 0 spiro atoms. The maximum absolute atomic E-state index is 9.61. The van der Waals surface area contributed by atoms with Crippen LogP contribution in [0.3, 0.4) is 0 Å². The molecule has 8 heteroatoms. The molecule has 3 aromatic heterocycles. The zero-order chi connectivity index (χ0) is 12.9. The fourth-order valence-electron chi connectivity index (χ4n) is 1.57. The van der Waals surface area contributed by atoms with Crippen molar-refractivity contribution in [3.63, 3.8) is 0 Å². The fourth-order valence-corrected chi connectivity index (χ4v) is 1.57. The van der Waals surface area contributed by atoms with Crippen molar-refractivity contribution >= 4 is 22.1 Å². The van der Waals surface area contributed by atoms with Crippen molar-refractivity contribution < 1.29 is 20.4 Å². The Morgan fingerprint density at radius 1 is 0.833 bits per heavy atom. The average Bonchev–Trinajstić information content (AvgIpc) is 2.34. The van der Waals surface area contributed by atoms with E-state index in [1.165, 1.54) is 12.3 Å². The SMILES string of the molecule is Oc1nc2cc3cnc(O)c(O)c3nc2nc1O. The predicted octanol–water partition coefficient (Wildman–Crippen LogP) is 0.395. The molecule has 8 nitrogen and oxygen atoms in total. The summed E-state index contributed by atoms with van der Waals surface area (Å²) in [7, 11) is 0. The molecular weight excluding hydrogens is 240 g/mol. The van der Waals surface area contributed by atoms with Gasteiger partial charge in [-0.25, -0.2) is 15.0 Å². The van der Waals surface area contributed by atoms with Crippen molar-refractivity contribution in [1.82, 2.24) is 19.9 Å². The summed E-state index contributed by atoms with van der Waals surface area (Å²) >= 11 is 0. The summed E-state index contributed by atoms with van der Waals surface area (Å²) in [4.78, 5) is 14.8. The van der Waals surface area contributed by atoms with Gasteiger partial charge in [0.15, 0.2) is 5.65 Å². The molecule has 0 amide bonds. The summed E-state index contributed by atoms with van der Waals surface area (Å²) < 4.78 is 0. The third-order valence-electron chi connectivity index (χ3n) is 2.41. The largest absolute Gasteiger partial charge is 0.502 e. The predicted molar refractivity (Wildman–Crippen MR) is 59.3 cm³/mol. The Hall–Kier alpha value is -2.90. The van der Waals surface area contributed by atoms with Gasteiger partial charge in [0, 0.05) is 11.6 Å². The molecule has 0 aliphatic heterocycles. The van der Waals surface area contributed by atoms with Gasteiger partial charge in [-0.3, -0.25) is 0 Å². The van der Waals surface area contributed by atoms with Crippen LogP contribution >= 0.6 is 0 Å². The number of aromatic nitrogens is 4. The highest BCUT2D eigenvalue weighted by Crippen LogP contribution is 2.32. The second kappa shape index (κ2) is 3.29. The first-order valence-electron chi connectivity index (χ1n) is 4.83. The van der Waals surface area contributed by atoms with Gasteiger partial charge in [-0.2, -0.15) is 4.98 Å². The Bertz CT molecular complexity index is 789. The van der Waals surface area contributed by atoms with Gasteiger partial charge >= 0.3 is 0 Å². The Balaban J connectivity index is 2.47. The molecule has 0 unspecified atom stereocenters. The normalized spacial score (nSPS) is 11.1. The van der Waals surface area contributed by atoms with Crippen LogP contribution in [0.2, 0.25) is 0 Å². The van der Waals surface area contributed by atoms with Crippen LogP contribution in [0.15, 0.2) is 12.3 Å². The summed E-state index contributed by atoms with van der Waals surface area (Å²) in [6.07, 6.45) is 1.29. The van der Waals surface area contributed by atoms with Crippen LogP contribution < -0.4 is 0 Å². The van der Waals surface area contributed by atoms with E-state index in [1.807, 2.05) is 0 Å². The molecule has 0 aliphatic carbocycles. The van der Waals surface area contributed by atoms with Gasteiger partial charge in [0.05, 0.1) is 0 Å². The van der Waals surface area contributed by atoms with Crippen LogP contribution in [0.5, 0.6) is 23.4 Å². The monoisotopic (exact) mass is 246 g/mol. The molecule has 0 bridgehead atoms. The first-order valence-corrected chi connectivity index (χ1v) is 4.83. The van der Waals surface area contributed by atoms with Gasteiger partial charge < -0.3 is 20.4 Å². The number of aromatic hydroxyl groups is 4. The van der Waals surface area contributed by atoms with Gasteiger partial charge in [-0.1, -0.05) is 0 Å². The van der Waals surface area contributed by atoms with E-state index in [2.05, 4.69) is 19.9 Å². The van der Waals surface area contributed by atoms with Gasteiger partial charge in [-0.15, -0.1) is 0 Å². The van der Waals surface area contributed by atoms with E-state index in [4.69, 9.17) is 0 Å². The number of nitrogens with zero attached hydrogens (tertiary/aromatic N) is 4. The zero-order valence-corrected chi connectivity index (χ0v) is 8.73. The Morgan fingerprint density at radius 3 is 2.33 bits per heavy atom. The summed E-state index contributed by atoms with van der Waals surface area (Å²) in [5, 5.41) is 37.7. The highest BCUT2D eigenvalue weighted by molar-refractivity contribution is 5.93. The van der Waals surface area contributed by atoms with Crippen molar-refractivity contribution in [2.24, 2.45) is 0 Å². The summed E-state index contributed by atoms with van der Waals surface area (Å²) in [5.41, 5.74) is 0.331. The lowest BCUT2D eigenvalue weighted by Crippen LogP contribution is -1.91. The molecule has 3 rings (SSSR count). The molecule has 0 saturated heterocycles. The van der Waals surface area contributed by atoms with E-state index in [1.54, 1.807) is 0 Å². The Kier molecular flexibility index (Phi) is 1.88. The second-order valence-electron chi connectivity index (χ2n) is 3.57. The lowest BCUT2D eigenvalue weighted by atomic mass is 10.2. The maximum atomic E-state index is 9.61. The standard InChI is InChI=1S/C10H6N4O4/c15-6-5-3(2-11-8(6)16)1-4-7(13-5)14-10(18)9(17)12-4/h1-2,15H,(H,11,16)(H,12,17)(H,13,14,18). The van der Waals surface area contributed by atoms with E-state index in [-0.39, 0.29) is 16.7 Å². The summed E-state index contributed by atoms with van der Waals surface area (Å²) in [6, 6.07) is 1.47. The molecule has 18 heavy (non-hydrogen) atoms. The average molecular weight is 246 g/mol. The number of hydrogen-bond acceptors (Lipinski definition) is 8. The van der Waals surface area contributed by atoms with Crippen LogP contribution in [0, 0.1) is 0 Å². The van der Waals surface area contributed by atoms with E-state index >= 15 is 0 Å². The lowest BCUT2D eigenvalue weighted by molar-refractivity contribution is 0.377. The quantitative estimate of drug-likeness (QED) is 0.419. The molecule has 4 N–H and O–H groups in total. The van der Waals surface area contributed by atoms with Crippen LogP contribution in [-0.4, -0.2) is 40.4 Å². The van der Waals surface area contributed by atoms with Crippen molar-refractivity contribution in [3.8, 4) is 23.4 Å². The van der Waals surface area contributed by atoms with Gasteiger partial charge in [-0.05, 0) is 6.07 Å². The zero-order valence-electron chi connectivity index (χ0n) is 8.73. The molecule has 0 atom stereocenters. The van der Waals surface area contributed by atoms with E-state index < -0.39 is 23.4 Å². The summed E-state index contributed by atoms with van der Waals surface area (Å²) in [5.74, 6) is -2.30. The van der Waals surface area contributed by atoms with Crippen molar-refractivity contribution in [3.05, 3.63) is 12.3 Å². The van der Waals surface area contributed by atoms with Crippen molar-refractivity contribution in [1.29, 1.82) is 0 Å². The van der Waals surface area contributed by atoms with E-state index in [0.29, 0.717) is 5.39 Å². The second-order valence-corrected chi connectivity index (χ2v) is 3.57. The smallest absolute Gasteiger partial charge is 0.277 e. The third-order valence-corrected chi connectivity index (χ3v) is 2.41. The van der Waals surface area contributed by atoms with E-state index in [9.17, 15) is 20.4 Å². The minimum Gasteiger partial charge on any atom is -0.502 e. The highest BCUT2D eigenvalue weighted by Gasteiger charge is 2.13. The number of rotatable bonds is 0. The van der Waals surface area contributed by atoms with Crippen LogP contribution in [0.25, 0.3) is 22.1 Å². The maximum Gasteiger partial charge on any atom is 0.277 e. The first kappa shape index (κ1) is 10.3. The number of hydrogen-bond donors (Lipinski definition) is 4. The number of fused-ring (bicyclic) bond motifs is 2. The highest BCUT2D eigenvalue weighted by atomic mass is 16.3. The molecule has 3 heterocycles. The lowest BCUT2D eigenvalue weighted by Gasteiger charge is -2.04. The Morgan fingerprint density at radius 2 is 1.56 bits per heavy atom. The third kappa shape index (κ3) is 1.32. The molecule has 0 saturated carbocycles. The topological polar surface area (TPSA) is 132 Å². The molecular formula is C10H6N4O4. The Labute approximate surface area is 98.9 Å². The summed E-state index contributed by atoms with van der Waals surface area (Å²) in [6.45, 7) is 0. The minimum atomic E-state index is -0.660. The number of pyridine rings is 2. The molecule has 0 aliphatic rings. The molecule has 0 fully saturated rings. The molecule has 90 valence electrons. The van der Waals surface area contributed by atoms with Gasteiger partial charge in [0.1, 0.15) is 11.0 Å². The van der Waals surface area contributed by atoms with E-state index in [0.717, 1.165) is 0 Å². The molecule has 3 aromatic rings. The molecule has 0 radical (unpaired) electrons. The minimum absolute atomic E-state index is 0.0266. The molecule has 0 aromatic carbocycles. The fraction of sp³-hybridized carbons (Fsp3) is 0. The van der Waals surface area contributed by atoms with Gasteiger partial charge in [0.25, 0.3) is 17.6 Å². The van der Waals surface area contributed by atoms with Crippen LogP contribution in [0.1, 0.15) is 0 Å². The van der Waals surface area contributed by atoms with Crippen molar-refractivity contribution in [2.75, 3.05) is 0 Å². The van der Waals surface area contributed by atoms with Gasteiger partial charge in [0.2, 0.25) is 5.75 Å². The first-order chi connectivity index (χ1) is 8.56. The van der Waals surface area contributed by atoms with Crippen molar-refractivity contribution in [2.45, 2.75) is 0 Å².